The van der Waals surface area contributed by atoms with E-state index in [9.17, 15) is 4.39 Å². The Balaban J connectivity index is 1.86. The topological polar surface area (TPSA) is 33.6 Å². The van der Waals surface area contributed by atoms with E-state index >= 15 is 0 Å². The van der Waals surface area contributed by atoms with E-state index in [1.54, 1.807) is 19.2 Å². The fourth-order valence-electron chi connectivity index (χ4n) is 4.13. The van der Waals surface area contributed by atoms with Gasteiger partial charge in [0.05, 0.1) is 5.71 Å². The highest BCUT2D eigenvalue weighted by Gasteiger charge is 2.05. The van der Waals surface area contributed by atoms with Gasteiger partial charge < -0.3 is 10.2 Å². The van der Waals surface area contributed by atoms with E-state index in [1.807, 2.05) is 0 Å². The van der Waals surface area contributed by atoms with Gasteiger partial charge in [0, 0.05) is 13.0 Å². The molecular weight excluding hydrogens is 399 g/mol. The summed E-state index contributed by atoms with van der Waals surface area (Å²) in [6, 6.07) is 6.43. The number of hydrogen-bond donors (Lipinski definition) is 1. The van der Waals surface area contributed by atoms with Crippen molar-refractivity contribution in [2.75, 3.05) is 20.2 Å². The molecule has 184 valence electrons. The molecule has 3 nitrogen and oxygen atoms in total. The zero-order chi connectivity index (χ0) is 23.1. The van der Waals surface area contributed by atoms with Crippen molar-refractivity contribution in [2.24, 2.45) is 5.16 Å². The van der Waals surface area contributed by atoms with Crippen molar-refractivity contribution in [2.45, 2.75) is 116 Å². The predicted molar refractivity (Wildman–Crippen MR) is 137 cm³/mol. The minimum Gasteiger partial charge on any atom is -0.399 e. The summed E-state index contributed by atoms with van der Waals surface area (Å²) >= 11 is 0. The fourth-order valence-corrected chi connectivity index (χ4v) is 4.13. The SMILES string of the molecule is CCCCCCCCCCCCCCCCCCNCC/C(=N/OC)c1ccc(F)cc1. The highest BCUT2D eigenvalue weighted by Crippen LogP contribution is 2.13. The van der Waals surface area contributed by atoms with Crippen LogP contribution in [0.5, 0.6) is 0 Å². The van der Waals surface area contributed by atoms with Gasteiger partial charge in [-0.15, -0.1) is 0 Å². The maximum atomic E-state index is 13.1. The molecule has 0 spiro atoms. The Morgan fingerprint density at radius 3 is 1.66 bits per heavy atom. The van der Waals surface area contributed by atoms with Gasteiger partial charge >= 0.3 is 0 Å². The Hall–Kier alpha value is -1.42. The van der Waals surface area contributed by atoms with Crippen LogP contribution >= 0.6 is 0 Å². The molecule has 0 radical (unpaired) electrons. The molecule has 0 amide bonds. The highest BCUT2D eigenvalue weighted by atomic mass is 19.1. The lowest BCUT2D eigenvalue weighted by Gasteiger charge is -2.08. The maximum absolute atomic E-state index is 13.1. The number of rotatable bonds is 22. The molecule has 32 heavy (non-hydrogen) atoms. The summed E-state index contributed by atoms with van der Waals surface area (Å²) < 4.78 is 13.1. The third-order valence-electron chi connectivity index (χ3n) is 6.12. The molecule has 0 unspecified atom stereocenters. The van der Waals surface area contributed by atoms with Crippen LogP contribution in [0.3, 0.4) is 0 Å². The molecule has 0 aliphatic heterocycles. The summed E-state index contributed by atoms with van der Waals surface area (Å²) in [5.41, 5.74) is 1.77. The monoisotopic (exact) mass is 448 g/mol. The molecule has 1 N–H and O–H groups in total. The van der Waals surface area contributed by atoms with Gasteiger partial charge in [0.2, 0.25) is 0 Å². The molecule has 0 fully saturated rings. The van der Waals surface area contributed by atoms with Gasteiger partial charge in [-0.2, -0.15) is 0 Å². The first-order valence-corrected chi connectivity index (χ1v) is 13.3. The van der Waals surface area contributed by atoms with Crippen LogP contribution in [0, 0.1) is 5.82 Å². The van der Waals surface area contributed by atoms with Crippen LogP contribution < -0.4 is 5.32 Å². The van der Waals surface area contributed by atoms with Gasteiger partial charge in [-0.05, 0) is 30.7 Å². The van der Waals surface area contributed by atoms with Gasteiger partial charge in [0.1, 0.15) is 12.9 Å². The number of benzene rings is 1. The molecule has 0 aromatic heterocycles. The van der Waals surface area contributed by atoms with E-state index in [0.29, 0.717) is 0 Å². The quantitative estimate of drug-likeness (QED) is 0.110. The van der Waals surface area contributed by atoms with Gasteiger partial charge in [-0.25, -0.2) is 4.39 Å². The van der Waals surface area contributed by atoms with Crippen LogP contribution in [0.4, 0.5) is 4.39 Å². The first-order chi connectivity index (χ1) is 15.8. The van der Waals surface area contributed by atoms with E-state index in [1.165, 1.54) is 115 Å². The number of oxime groups is 1. The molecule has 1 aromatic carbocycles. The predicted octanol–water partition coefficient (Wildman–Crippen LogP) is 8.42. The van der Waals surface area contributed by atoms with Crippen LogP contribution in [0.25, 0.3) is 0 Å². The second-order valence-corrected chi connectivity index (χ2v) is 9.03. The van der Waals surface area contributed by atoms with Gasteiger partial charge in [-0.1, -0.05) is 121 Å². The van der Waals surface area contributed by atoms with Gasteiger partial charge in [0.25, 0.3) is 0 Å². The number of halogens is 1. The molecule has 1 aromatic rings. The van der Waals surface area contributed by atoms with E-state index in [4.69, 9.17) is 4.84 Å². The molecule has 0 saturated carbocycles. The largest absolute Gasteiger partial charge is 0.399 e. The zero-order valence-electron chi connectivity index (χ0n) is 21.0. The molecule has 0 aliphatic carbocycles. The number of nitrogens with one attached hydrogen (secondary N) is 1. The number of hydrogen-bond acceptors (Lipinski definition) is 3. The van der Waals surface area contributed by atoms with Crippen molar-refractivity contribution in [3.8, 4) is 0 Å². The third kappa shape index (κ3) is 16.2. The summed E-state index contributed by atoms with van der Waals surface area (Å²) in [4.78, 5) is 4.95. The number of nitrogens with zero attached hydrogens (tertiary/aromatic N) is 1. The summed E-state index contributed by atoms with van der Waals surface area (Å²) in [5, 5.41) is 7.59. The lowest BCUT2D eigenvalue weighted by atomic mass is 10.0. The highest BCUT2D eigenvalue weighted by molar-refractivity contribution is 6.00. The Morgan fingerprint density at radius 2 is 1.19 bits per heavy atom. The van der Waals surface area contributed by atoms with Gasteiger partial charge in [0.15, 0.2) is 0 Å². The minimum atomic E-state index is -0.230. The van der Waals surface area contributed by atoms with E-state index in [2.05, 4.69) is 17.4 Å². The molecule has 0 aliphatic rings. The molecule has 0 atom stereocenters. The first kappa shape index (κ1) is 28.6. The van der Waals surface area contributed by atoms with Crippen molar-refractivity contribution in [1.82, 2.24) is 5.32 Å². The van der Waals surface area contributed by atoms with E-state index < -0.39 is 0 Å². The van der Waals surface area contributed by atoms with E-state index in [0.717, 1.165) is 30.8 Å². The van der Waals surface area contributed by atoms with Crippen molar-refractivity contribution in [3.05, 3.63) is 35.6 Å². The van der Waals surface area contributed by atoms with Crippen LogP contribution in [0.1, 0.15) is 122 Å². The minimum absolute atomic E-state index is 0.230. The maximum Gasteiger partial charge on any atom is 0.123 e. The summed E-state index contributed by atoms with van der Waals surface area (Å²) in [6.45, 7) is 4.19. The van der Waals surface area contributed by atoms with Gasteiger partial charge in [-0.3, -0.25) is 0 Å². The molecule has 1 rings (SSSR count). The first-order valence-electron chi connectivity index (χ1n) is 13.3. The molecular formula is C28H49FN2O. The van der Waals surface area contributed by atoms with Crippen molar-refractivity contribution in [1.29, 1.82) is 0 Å². The third-order valence-corrected chi connectivity index (χ3v) is 6.12. The summed E-state index contributed by atoms with van der Waals surface area (Å²) in [5.74, 6) is -0.230. The average molecular weight is 449 g/mol. The Morgan fingerprint density at radius 1 is 0.719 bits per heavy atom. The van der Waals surface area contributed by atoms with Crippen molar-refractivity contribution in [3.63, 3.8) is 0 Å². The lowest BCUT2D eigenvalue weighted by Crippen LogP contribution is -2.20. The smallest absolute Gasteiger partial charge is 0.123 e. The van der Waals surface area contributed by atoms with Crippen molar-refractivity contribution >= 4 is 5.71 Å². The van der Waals surface area contributed by atoms with Crippen LogP contribution in [0.2, 0.25) is 0 Å². The molecule has 0 saturated heterocycles. The second-order valence-electron chi connectivity index (χ2n) is 9.03. The fraction of sp³-hybridized carbons (Fsp3) is 0.750. The average Bonchev–Trinajstić information content (AvgIpc) is 2.80. The molecule has 4 heteroatoms. The number of unbranched alkanes of at least 4 members (excludes halogenated alkanes) is 15. The van der Waals surface area contributed by atoms with Crippen LogP contribution in [-0.4, -0.2) is 25.9 Å². The van der Waals surface area contributed by atoms with E-state index in [-0.39, 0.29) is 5.82 Å². The summed E-state index contributed by atoms with van der Waals surface area (Å²) in [6.07, 6.45) is 23.2. The Kier molecular flexibility index (Phi) is 19.2. The Labute approximate surface area is 197 Å². The van der Waals surface area contributed by atoms with Crippen molar-refractivity contribution < 1.29 is 9.23 Å². The molecule has 0 heterocycles. The molecule has 0 bridgehead atoms. The zero-order valence-corrected chi connectivity index (χ0v) is 21.0. The second kappa shape index (κ2) is 21.4. The lowest BCUT2D eigenvalue weighted by molar-refractivity contribution is 0.213. The standard InChI is InChI=1S/C28H49FN2O/c1-3-4-5-6-7-8-9-10-11-12-13-14-15-16-17-18-24-30-25-23-28(31-32-2)26-19-21-27(29)22-20-26/h19-22,30H,3-18,23-25H2,1-2H3/b31-28-. The Bertz CT molecular complexity index is 559. The summed E-state index contributed by atoms with van der Waals surface area (Å²) in [7, 11) is 1.55. The van der Waals surface area contributed by atoms with Crippen LogP contribution in [-0.2, 0) is 4.84 Å². The van der Waals surface area contributed by atoms with Crippen LogP contribution in [0.15, 0.2) is 29.4 Å². The normalized spacial score (nSPS) is 11.8.